The van der Waals surface area contributed by atoms with Crippen molar-refractivity contribution < 1.29 is 19.1 Å². The molecule has 0 saturated heterocycles. The Morgan fingerprint density at radius 2 is 1.75 bits per heavy atom. The Kier molecular flexibility index (Phi) is 6.43. The molecule has 1 atom stereocenters. The van der Waals surface area contributed by atoms with Crippen molar-refractivity contribution in [3.63, 3.8) is 0 Å². The minimum atomic E-state index is -0.862. The van der Waals surface area contributed by atoms with Gasteiger partial charge in [0.05, 0.1) is 42.3 Å². The van der Waals surface area contributed by atoms with Gasteiger partial charge < -0.3 is 14.4 Å². The molecule has 0 bridgehead atoms. The normalized spacial score (nSPS) is 17.3. The van der Waals surface area contributed by atoms with Crippen molar-refractivity contribution in [2.45, 2.75) is 13.0 Å². The van der Waals surface area contributed by atoms with E-state index in [1.165, 1.54) is 4.57 Å². The van der Waals surface area contributed by atoms with Gasteiger partial charge in [0.2, 0.25) is 0 Å². The lowest BCUT2D eigenvalue weighted by atomic mass is 9.93. The molecule has 6 rings (SSSR count). The molecular weight excluding hydrogens is 526 g/mol. The summed E-state index contributed by atoms with van der Waals surface area (Å²) in [7, 11) is 3.25. The molecule has 0 spiro atoms. The van der Waals surface area contributed by atoms with Crippen molar-refractivity contribution in [1.82, 2.24) is 4.57 Å². The first-order chi connectivity index (χ1) is 19.4. The number of aromatic nitrogens is 1. The quantitative estimate of drug-likeness (QED) is 0.355. The molecule has 0 radical (unpaired) electrons. The number of hydrogen-bond acceptors (Lipinski definition) is 7. The van der Waals surface area contributed by atoms with Crippen molar-refractivity contribution in [3.8, 4) is 5.75 Å². The van der Waals surface area contributed by atoms with Crippen molar-refractivity contribution in [2.24, 2.45) is 4.99 Å². The van der Waals surface area contributed by atoms with Gasteiger partial charge in [0.15, 0.2) is 4.80 Å². The van der Waals surface area contributed by atoms with E-state index in [-0.39, 0.29) is 22.6 Å². The van der Waals surface area contributed by atoms with Crippen LogP contribution in [0.4, 0.5) is 5.69 Å². The first-order valence-corrected chi connectivity index (χ1v) is 13.6. The lowest BCUT2D eigenvalue weighted by molar-refractivity contribution is -0.138. The smallest absolute Gasteiger partial charge is 0.338 e. The number of thiazole rings is 1. The zero-order valence-electron chi connectivity index (χ0n) is 22.1. The number of carbonyl (C=O) groups is 2. The van der Waals surface area contributed by atoms with E-state index in [1.54, 1.807) is 38.1 Å². The molecule has 1 aromatic heterocycles. The van der Waals surface area contributed by atoms with Crippen molar-refractivity contribution in [3.05, 3.63) is 121 Å². The summed E-state index contributed by atoms with van der Waals surface area (Å²) in [5.41, 5.74) is 3.36. The minimum Gasteiger partial charge on any atom is -0.497 e. The Bertz CT molecular complexity index is 1890. The molecule has 40 heavy (non-hydrogen) atoms. The van der Waals surface area contributed by atoms with Crippen molar-refractivity contribution in [2.75, 3.05) is 25.7 Å². The summed E-state index contributed by atoms with van der Waals surface area (Å²) in [5.74, 6) is -0.263. The number of esters is 1. The maximum atomic E-state index is 14.3. The van der Waals surface area contributed by atoms with Crippen molar-refractivity contribution >= 4 is 40.2 Å². The molecular formula is C31H25N3O5S. The maximum Gasteiger partial charge on any atom is 0.338 e. The maximum absolute atomic E-state index is 14.3. The minimum absolute atomic E-state index is 0.154. The van der Waals surface area contributed by atoms with E-state index < -0.39 is 17.6 Å². The Labute approximate surface area is 233 Å². The third-order valence-electron chi connectivity index (χ3n) is 7.04. The molecule has 3 aromatic carbocycles. The van der Waals surface area contributed by atoms with E-state index in [0.29, 0.717) is 38.5 Å². The van der Waals surface area contributed by atoms with E-state index in [1.807, 2.05) is 66.7 Å². The van der Waals surface area contributed by atoms with E-state index >= 15 is 0 Å². The molecule has 8 nitrogen and oxygen atoms in total. The number of methoxy groups -OCH3 is 1. The molecule has 0 N–H and O–H groups in total. The summed E-state index contributed by atoms with van der Waals surface area (Å²) in [6, 6.07) is 23.1. The van der Waals surface area contributed by atoms with Crippen LogP contribution in [0.1, 0.15) is 29.7 Å². The van der Waals surface area contributed by atoms with E-state index in [4.69, 9.17) is 14.5 Å². The van der Waals surface area contributed by atoms with Crippen LogP contribution >= 0.6 is 11.3 Å². The number of likely N-dealkylation sites (N-methyl/N-ethyl adjacent to an activating group) is 1. The van der Waals surface area contributed by atoms with Crippen LogP contribution < -0.4 is 24.5 Å². The fraction of sp³-hybridized carbons (Fsp3) is 0.161. The predicted octanol–water partition coefficient (Wildman–Crippen LogP) is 3.29. The van der Waals surface area contributed by atoms with Gasteiger partial charge in [-0.15, -0.1) is 0 Å². The van der Waals surface area contributed by atoms with E-state index in [2.05, 4.69) is 0 Å². The van der Waals surface area contributed by atoms with Gasteiger partial charge in [0.25, 0.3) is 11.5 Å². The predicted molar refractivity (Wildman–Crippen MR) is 153 cm³/mol. The van der Waals surface area contributed by atoms with Crippen LogP contribution in [0, 0.1) is 0 Å². The molecule has 0 aliphatic carbocycles. The fourth-order valence-electron chi connectivity index (χ4n) is 5.21. The zero-order chi connectivity index (χ0) is 28.0. The van der Waals surface area contributed by atoms with Gasteiger partial charge in [-0.1, -0.05) is 72.0 Å². The van der Waals surface area contributed by atoms with Gasteiger partial charge in [-0.2, -0.15) is 0 Å². The lowest BCUT2D eigenvalue weighted by Gasteiger charge is -2.26. The van der Waals surface area contributed by atoms with E-state index in [9.17, 15) is 14.4 Å². The molecule has 3 heterocycles. The zero-order valence-corrected chi connectivity index (χ0v) is 22.9. The van der Waals surface area contributed by atoms with Gasteiger partial charge in [-0.05, 0) is 30.7 Å². The molecule has 200 valence electrons. The summed E-state index contributed by atoms with van der Waals surface area (Å²) >= 11 is 1.14. The van der Waals surface area contributed by atoms with Crippen LogP contribution in [0.5, 0.6) is 5.75 Å². The molecule has 0 saturated carbocycles. The second-order valence-electron chi connectivity index (χ2n) is 9.28. The highest BCUT2D eigenvalue weighted by Crippen LogP contribution is 2.37. The number of benzene rings is 3. The molecule has 4 aromatic rings. The third-order valence-corrected chi connectivity index (χ3v) is 8.09. The van der Waals surface area contributed by atoms with Gasteiger partial charge in [-0.3, -0.25) is 14.2 Å². The lowest BCUT2D eigenvalue weighted by Crippen LogP contribution is -2.40. The Morgan fingerprint density at radius 3 is 2.50 bits per heavy atom. The number of rotatable bonds is 5. The van der Waals surface area contributed by atoms with Crippen molar-refractivity contribution in [1.29, 1.82) is 0 Å². The molecule has 1 amide bonds. The molecule has 2 aliphatic heterocycles. The average molecular weight is 552 g/mol. The molecule has 0 fully saturated rings. The number of amides is 1. The number of carbonyl (C=O) groups excluding carboxylic acids is 2. The summed E-state index contributed by atoms with van der Waals surface area (Å²) in [6.45, 7) is 1.89. The summed E-state index contributed by atoms with van der Waals surface area (Å²) in [4.78, 5) is 48.1. The average Bonchev–Trinajstić information content (AvgIpc) is 3.44. The van der Waals surface area contributed by atoms with Crippen LogP contribution in [-0.4, -0.2) is 37.2 Å². The Balaban J connectivity index is 1.73. The van der Waals surface area contributed by atoms with Crippen LogP contribution in [0.3, 0.4) is 0 Å². The first kappa shape index (κ1) is 25.5. The highest BCUT2D eigenvalue weighted by molar-refractivity contribution is 7.07. The Hall–Kier alpha value is -4.76. The summed E-state index contributed by atoms with van der Waals surface area (Å²) in [5, 5.41) is 0. The van der Waals surface area contributed by atoms with Gasteiger partial charge in [-0.25, -0.2) is 9.79 Å². The SMILES string of the molecule is CCOC(=O)C1=C(c2ccccc2)N=c2s/c(=C3\C(=O)N(C)c4ccccc43)c(=O)n2[C@@H]1c1cccc(OC)c1. The fourth-order valence-corrected chi connectivity index (χ4v) is 6.30. The molecule has 9 heteroatoms. The number of fused-ring (bicyclic) bond motifs is 2. The highest BCUT2D eigenvalue weighted by Gasteiger charge is 2.37. The summed E-state index contributed by atoms with van der Waals surface area (Å²) in [6.07, 6.45) is 0. The monoisotopic (exact) mass is 551 g/mol. The number of hydrogen-bond donors (Lipinski definition) is 0. The third kappa shape index (κ3) is 3.97. The largest absolute Gasteiger partial charge is 0.497 e. The number of anilines is 1. The second kappa shape index (κ2) is 10.1. The van der Waals surface area contributed by atoms with Crippen LogP contribution in [0.25, 0.3) is 11.3 Å². The topological polar surface area (TPSA) is 90.2 Å². The van der Waals surface area contributed by atoms with Crippen LogP contribution in [0.2, 0.25) is 0 Å². The van der Waals surface area contributed by atoms with Crippen LogP contribution in [0.15, 0.2) is 94.2 Å². The van der Waals surface area contributed by atoms with E-state index in [0.717, 1.165) is 17.0 Å². The Morgan fingerprint density at radius 1 is 1.00 bits per heavy atom. The molecule has 2 aliphatic rings. The number of nitrogens with zero attached hydrogens (tertiary/aromatic N) is 3. The number of ether oxygens (including phenoxy) is 2. The van der Waals surface area contributed by atoms with Gasteiger partial charge >= 0.3 is 5.97 Å². The van der Waals surface area contributed by atoms with Crippen LogP contribution in [-0.2, 0) is 14.3 Å². The first-order valence-electron chi connectivity index (χ1n) is 12.8. The molecule has 0 unspecified atom stereocenters. The van der Waals surface area contributed by atoms with Gasteiger partial charge in [0, 0.05) is 18.2 Å². The van der Waals surface area contributed by atoms with Gasteiger partial charge in [0.1, 0.15) is 10.3 Å². The summed E-state index contributed by atoms with van der Waals surface area (Å²) < 4.78 is 12.8. The second-order valence-corrected chi connectivity index (χ2v) is 10.3. The highest BCUT2D eigenvalue weighted by atomic mass is 32.1. The standard InChI is InChI=1S/C31H25N3O5S/c1-4-39-30(37)24-25(18-11-6-5-7-12-18)32-31-34(26(24)19-13-10-14-20(17-19)38-3)29(36)27(40-31)23-21-15-8-9-16-22(21)33(2)28(23)35/h5-17,26H,4H2,1-3H3/b27-23-/t26-/m1/s1. The number of para-hydroxylation sites is 1.